The average Bonchev–Trinajstić information content (AvgIpc) is 3.01. The fraction of sp³-hybridized carbons (Fsp3) is 0.500. The molecule has 2 N–H and O–H groups in total. The number of hydrogen-bond donors (Lipinski definition) is 1. The summed E-state index contributed by atoms with van der Waals surface area (Å²) in [5, 5.41) is 2.05. The number of benzene rings is 1. The Bertz CT molecular complexity index is 748. The van der Waals surface area contributed by atoms with Crippen LogP contribution in [0, 0.1) is 5.92 Å². The van der Waals surface area contributed by atoms with Crippen LogP contribution in [0.15, 0.2) is 35.2 Å². The van der Waals surface area contributed by atoms with Crippen molar-refractivity contribution in [3.8, 4) is 0 Å². The van der Waals surface area contributed by atoms with Crippen LogP contribution in [0.3, 0.4) is 0 Å². The van der Waals surface area contributed by atoms with Gasteiger partial charge in [0.25, 0.3) is 0 Å². The van der Waals surface area contributed by atoms with Gasteiger partial charge in [0, 0.05) is 31.1 Å². The molecule has 26 heavy (non-hydrogen) atoms. The zero-order valence-corrected chi connectivity index (χ0v) is 15.8. The van der Waals surface area contributed by atoms with Gasteiger partial charge in [-0.2, -0.15) is 0 Å². The highest BCUT2D eigenvalue weighted by Crippen LogP contribution is 2.31. The Morgan fingerprint density at radius 1 is 1.19 bits per heavy atom. The lowest BCUT2D eigenvalue weighted by Gasteiger charge is -2.35. The predicted molar refractivity (Wildman–Crippen MR) is 104 cm³/mol. The fourth-order valence-corrected chi connectivity index (χ4v) is 4.82. The number of nitrogens with two attached hydrogens (primary N) is 1. The van der Waals surface area contributed by atoms with Gasteiger partial charge in [0.1, 0.15) is 0 Å². The maximum absolute atomic E-state index is 12.9. The van der Waals surface area contributed by atoms with E-state index in [4.69, 9.17) is 5.73 Å². The van der Waals surface area contributed by atoms with Crippen LogP contribution in [0.25, 0.3) is 0 Å². The molecule has 1 aromatic heterocycles. The minimum atomic E-state index is 0.125. The van der Waals surface area contributed by atoms with Gasteiger partial charge in [0.15, 0.2) is 0 Å². The van der Waals surface area contributed by atoms with E-state index >= 15 is 0 Å². The monoisotopic (exact) mass is 370 g/mol. The van der Waals surface area contributed by atoms with E-state index in [2.05, 4.69) is 39.0 Å². The maximum atomic E-state index is 12.9. The zero-order chi connectivity index (χ0) is 17.9. The van der Waals surface area contributed by atoms with Crippen LogP contribution in [0.5, 0.6) is 0 Å². The number of rotatable bonds is 6. The Balaban J connectivity index is 1.47. The topological polar surface area (TPSA) is 62.5 Å². The summed E-state index contributed by atoms with van der Waals surface area (Å²) in [7, 11) is 0. The van der Waals surface area contributed by atoms with Crippen molar-refractivity contribution in [2.45, 2.75) is 38.4 Å². The summed E-state index contributed by atoms with van der Waals surface area (Å²) in [6.45, 7) is 4.06. The first kappa shape index (κ1) is 17.6. The number of fused-ring (bicyclic) bond motifs is 4. The first-order valence-electron chi connectivity index (χ1n) is 9.40. The molecule has 5 rings (SSSR count). The summed E-state index contributed by atoms with van der Waals surface area (Å²) in [5.41, 5.74) is 11.2. The Labute approximate surface area is 158 Å². The molecule has 0 saturated carbocycles. The second kappa shape index (κ2) is 7.86. The van der Waals surface area contributed by atoms with Gasteiger partial charge in [-0.1, -0.05) is 24.3 Å². The third-order valence-corrected chi connectivity index (χ3v) is 6.15. The van der Waals surface area contributed by atoms with Gasteiger partial charge in [0.05, 0.1) is 23.7 Å². The van der Waals surface area contributed by atoms with Crippen LogP contribution < -0.4 is 5.73 Å². The second-order valence-electron chi connectivity index (χ2n) is 7.43. The van der Waals surface area contributed by atoms with Crippen LogP contribution in [0.2, 0.25) is 0 Å². The van der Waals surface area contributed by atoms with E-state index in [1.165, 1.54) is 11.1 Å². The lowest BCUT2D eigenvalue weighted by molar-refractivity contribution is -0.140. The van der Waals surface area contributed by atoms with E-state index in [1.807, 2.05) is 10.9 Å². The molecule has 2 atom stereocenters. The summed E-state index contributed by atoms with van der Waals surface area (Å²) in [4.78, 5) is 21.8. The van der Waals surface area contributed by atoms with E-state index in [-0.39, 0.29) is 5.92 Å². The Morgan fingerprint density at radius 3 is 2.88 bits per heavy atom. The van der Waals surface area contributed by atoms with E-state index in [0.29, 0.717) is 25.0 Å². The van der Waals surface area contributed by atoms with Gasteiger partial charge < -0.3 is 10.6 Å². The number of thiazole rings is 1. The van der Waals surface area contributed by atoms with Crippen LogP contribution in [-0.4, -0.2) is 46.4 Å². The van der Waals surface area contributed by atoms with Gasteiger partial charge in [-0.3, -0.25) is 9.69 Å². The van der Waals surface area contributed by atoms with E-state index in [9.17, 15) is 4.79 Å². The molecular formula is C20H26N4OS. The summed E-state index contributed by atoms with van der Waals surface area (Å²) >= 11 is 1.59. The maximum Gasteiger partial charge on any atom is 0.227 e. The number of hydrogen-bond acceptors (Lipinski definition) is 5. The molecule has 0 aliphatic carbocycles. The molecule has 6 heteroatoms. The van der Waals surface area contributed by atoms with E-state index in [1.54, 1.807) is 11.3 Å². The van der Waals surface area contributed by atoms with Gasteiger partial charge in [0.2, 0.25) is 5.91 Å². The fourth-order valence-electron chi connectivity index (χ4n) is 4.27. The number of nitrogens with zero attached hydrogens (tertiary/aromatic N) is 3. The molecule has 3 aliphatic heterocycles. The van der Waals surface area contributed by atoms with E-state index < -0.39 is 0 Å². The van der Waals surface area contributed by atoms with Crippen molar-refractivity contribution in [2.75, 3.05) is 19.6 Å². The first-order valence-corrected chi connectivity index (χ1v) is 10.3. The van der Waals surface area contributed by atoms with Crippen molar-refractivity contribution < 1.29 is 4.79 Å². The van der Waals surface area contributed by atoms with Crippen molar-refractivity contribution in [3.05, 3.63) is 52.0 Å². The highest BCUT2D eigenvalue weighted by atomic mass is 32.1. The largest absolute Gasteiger partial charge is 0.332 e. The molecule has 0 radical (unpaired) electrons. The third-order valence-electron chi connectivity index (χ3n) is 5.52. The normalized spacial score (nSPS) is 23.4. The molecule has 4 heterocycles. The molecule has 0 spiro atoms. The van der Waals surface area contributed by atoms with Crippen molar-refractivity contribution in [3.63, 3.8) is 0 Å². The summed E-state index contributed by atoms with van der Waals surface area (Å²) in [6.07, 6.45) is 3.03. The highest BCUT2D eigenvalue weighted by Gasteiger charge is 2.40. The van der Waals surface area contributed by atoms with Crippen LogP contribution in [0.1, 0.15) is 29.7 Å². The predicted octanol–water partition coefficient (Wildman–Crippen LogP) is 2.27. The van der Waals surface area contributed by atoms with Crippen molar-refractivity contribution in [2.24, 2.45) is 11.7 Å². The Morgan fingerprint density at radius 2 is 2.08 bits per heavy atom. The summed E-state index contributed by atoms with van der Waals surface area (Å²) in [6, 6.07) is 9.00. The SMILES string of the molecule is NCCc1cccc(CN2C[C@H]3CC[C@@H](C2)N(Cc2cscn2)C3=O)c1. The summed E-state index contributed by atoms with van der Waals surface area (Å²) in [5.74, 6) is 0.438. The molecular weight excluding hydrogens is 344 g/mol. The molecule has 1 aromatic carbocycles. The van der Waals surface area contributed by atoms with Gasteiger partial charge in [-0.05, 0) is 36.9 Å². The van der Waals surface area contributed by atoms with Gasteiger partial charge in [-0.15, -0.1) is 11.3 Å². The number of aromatic nitrogens is 1. The van der Waals surface area contributed by atoms with Crippen molar-refractivity contribution in [1.82, 2.24) is 14.8 Å². The number of carbonyl (C=O) groups is 1. The van der Waals surface area contributed by atoms with Gasteiger partial charge >= 0.3 is 0 Å². The molecule has 2 bridgehead atoms. The third kappa shape index (κ3) is 3.82. The minimum absolute atomic E-state index is 0.125. The number of amides is 1. The average molecular weight is 371 g/mol. The lowest BCUT2D eigenvalue weighted by Crippen LogP contribution is -2.47. The second-order valence-corrected chi connectivity index (χ2v) is 8.15. The molecule has 1 amide bonds. The molecule has 2 aromatic rings. The minimum Gasteiger partial charge on any atom is -0.332 e. The van der Waals surface area contributed by atoms with Crippen LogP contribution in [-0.2, 0) is 24.3 Å². The lowest BCUT2D eigenvalue weighted by atomic mass is 9.94. The highest BCUT2D eigenvalue weighted by molar-refractivity contribution is 7.07. The number of carbonyl (C=O) groups excluding carboxylic acids is 1. The standard InChI is InChI=1S/C20H26N4OS/c21-7-6-15-2-1-3-16(8-15)9-23-10-17-4-5-19(12-23)24(20(17)25)11-18-13-26-14-22-18/h1-3,8,13-14,17,19H,4-7,9-12,21H2/t17-,19+/m1/s1. The Kier molecular flexibility index (Phi) is 5.33. The molecule has 3 fully saturated rings. The first-order chi connectivity index (χ1) is 12.7. The molecule has 3 aliphatic rings. The molecule has 5 nitrogen and oxygen atoms in total. The zero-order valence-electron chi connectivity index (χ0n) is 15.0. The van der Waals surface area contributed by atoms with E-state index in [0.717, 1.165) is 44.6 Å². The molecule has 3 saturated heterocycles. The molecule has 138 valence electrons. The molecule has 0 unspecified atom stereocenters. The summed E-state index contributed by atoms with van der Waals surface area (Å²) < 4.78 is 0. The van der Waals surface area contributed by atoms with Crippen molar-refractivity contribution >= 4 is 17.2 Å². The van der Waals surface area contributed by atoms with Crippen LogP contribution in [0.4, 0.5) is 0 Å². The Hall–Kier alpha value is -1.76. The quantitative estimate of drug-likeness (QED) is 0.847. The van der Waals surface area contributed by atoms with Gasteiger partial charge in [-0.25, -0.2) is 4.98 Å². The smallest absolute Gasteiger partial charge is 0.227 e. The number of piperidine rings is 1. The van der Waals surface area contributed by atoms with Crippen molar-refractivity contribution in [1.29, 1.82) is 0 Å². The van der Waals surface area contributed by atoms with Crippen LogP contribution >= 0.6 is 11.3 Å².